The molecule has 0 aliphatic rings. The van der Waals surface area contributed by atoms with E-state index in [4.69, 9.17) is 4.74 Å². The maximum Gasteiger partial charge on any atom is 0.416 e. The van der Waals surface area contributed by atoms with E-state index in [9.17, 15) is 22.8 Å². The maximum absolute atomic E-state index is 13.4. The van der Waals surface area contributed by atoms with Gasteiger partial charge >= 0.3 is 6.18 Å². The number of thioether (sulfide) groups is 1. The van der Waals surface area contributed by atoms with Gasteiger partial charge in [0.2, 0.25) is 11.8 Å². The minimum absolute atomic E-state index is 0.0828. The Labute approximate surface area is 223 Å². The number of methoxy groups -OCH3 is 1. The third-order valence-electron chi connectivity index (χ3n) is 5.11. The molecule has 38 heavy (non-hydrogen) atoms. The summed E-state index contributed by atoms with van der Waals surface area (Å²) in [5.74, 6) is 0.105. The minimum atomic E-state index is -4.56. The Hall–Kier alpha value is -3.91. The van der Waals surface area contributed by atoms with E-state index < -0.39 is 11.7 Å². The number of carbonyl (C=O) groups is 2. The summed E-state index contributed by atoms with van der Waals surface area (Å²) in [6.07, 6.45) is -2.93. The lowest BCUT2D eigenvalue weighted by Gasteiger charge is -2.13. The van der Waals surface area contributed by atoms with E-state index in [1.165, 1.54) is 28.0 Å². The van der Waals surface area contributed by atoms with Crippen molar-refractivity contribution in [3.63, 3.8) is 0 Å². The lowest BCUT2D eigenvalue weighted by molar-refractivity contribution is -0.137. The molecular weight excluding hydrogens is 541 g/mol. The van der Waals surface area contributed by atoms with Crippen LogP contribution in [0.3, 0.4) is 0 Å². The van der Waals surface area contributed by atoms with Crippen LogP contribution in [0.5, 0.6) is 5.75 Å². The van der Waals surface area contributed by atoms with Gasteiger partial charge in [-0.25, -0.2) is 4.98 Å². The summed E-state index contributed by atoms with van der Waals surface area (Å²) in [4.78, 5) is 28.8. The summed E-state index contributed by atoms with van der Waals surface area (Å²) in [5, 5.41) is 15.8. The molecule has 0 fully saturated rings. The minimum Gasteiger partial charge on any atom is -0.497 e. The molecular formula is C24H21F3N6O3S2. The molecule has 0 bridgehead atoms. The molecule has 9 nitrogen and oxygen atoms in total. The molecule has 4 rings (SSSR count). The van der Waals surface area contributed by atoms with Crippen LogP contribution in [0, 0.1) is 0 Å². The zero-order valence-electron chi connectivity index (χ0n) is 19.9. The topological polar surface area (TPSA) is 111 Å². The molecule has 0 aliphatic carbocycles. The molecule has 2 aromatic carbocycles. The van der Waals surface area contributed by atoms with Gasteiger partial charge in [0.15, 0.2) is 16.1 Å². The predicted octanol–water partition coefficient (Wildman–Crippen LogP) is 4.34. The van der Waals surface area contributed by atoms with E-state index in [1.54, 1.807) is 43.0 Å². The molecule has 0 radical (unpaired) electrons. The molecule has 0 unspecified atom stereocenters. The summed E-state index contributed by atoms with van der Waals surface area (Å²) in [6, 6.07) is 11.7. The van der Waals surface area contributed by atoms with Gasteiger partial charge in [-0.05, 0) is 35.9 Å². The molecule has 0 atom stereocenters. The van der Waals surface area contributed by atoms with Crippen molar-refractivity contribution < 1.29 is 27.5 Å². The monoisotopic (exact) mass is 562 g/mol. The average molecular weight is 563 g/mol. The molecule has 14 heteroatoms. The van der Waals surface area contributed by atoms with Gasteiger partial charge in [0, 0.05) is 11.6 Å². The number of benzene rings is 2. The van der Waals surface area contributed by atoms with Gasteiger partial charge in [0.05, 0.1) is 37.1 Å². The first-order chi connectivity index (χ1) is 18.2. The largest absolute Gasteiger partial charge is 0.497 e. The normalized spacial score (nSPS) is 11.3. The van der Waals surface area contributed by atoms with Crippen molar-refractivity contribution in [2.45, 2.75) is 24.3 Å². The van der Waals surface area contributed by atoms with Crippen LogP contribution in [-0.4, -0.2) is 44.4 Å². The van der Waals surface area contributed by atoms with Gasteiger partial charge in [0.1, 0.15) is 5.75 Å². The van der Waals surface area contributed by atoms with E-state index in [2.05, 4.69) is 25.8 Å². The molecule has 198 valence electrons. The molecule has 2 heterocycles. The van der Waals surface area contributed by atoms with E-state index in [0.29, 0.717) is 10.9 Å². The zero-order valence-corrected chi connectivity index (χ0v) is 21.5. The second kappa shape index (κ2) is 12.1. The van der Waals surface area contributed by atoms with Gasteiger partial charge < -0.3 is 15.4 Å². The SMILES string of the molecule is COc1ccc(CC(=O)NCc2nnc(SCC(=O)Nc3nccs3)n2-c2cccc(C(F)(F)F)c2)cc1. The van der Waals surface area contributed by atoms with Gasteiger partial charge in [-0.3, -0.25) is 14.2 Å². The maximum atomic E-state index is 13.4. The van der Waals surface area contributed by atoms with E-state index in [0.717, 1.165) is 29.5 Å². The number of thiazole rings is 1. The Bertz CT molecular complexity index is 1390. The average Bonchev–Trinajstić information content (AvgIpc) is 3.56. The number of hydrogen-bond donors (Lipinski definition) is 2. The first kappa shape index (κ1) is 27.1. The second-order valence-corrected chi connectivity index (χ2v) is 9.60. The highest BCUT2D eigenvalue weighted by Gasteiger charge is 2.31. The van der Waals surface area contributed by atoms with Crippen molar-refractivity contribution in [3.8, 4) is 11.4 Å². The Morgan fingerprint density at radius 3 is 2.58 bits per heavy atom. The smallest absolute Gasteiger partial charge is 0.416 e. The van der Waals surface area contributed by atoms with Crippen LogP contribution in [0.25, 0.3) is 5.69 Å². The van der Waals surface area contributed by atoms with Gasteiger partial charge in [-0.1, -0.05) is 30.0 Å². The summed E-state index contributed by atoms with van der Waals surface area (Å²) >= 11 is 2.25. The Morgan fingerprint density at radius 2 is 1.89 bits per heavy atom. The molecule has 0 aliphatic heterocycles. The molecule has 2 N–H and O–H groups in total. The number of amides is 2. The number of hydrogen-bond acceptors (Lipinski definition) is 8. The van der Waals surface area contributed by atoms with Crippen molar-refractivity contribution in [1.82, 2.24) is 25.1 Å². The standard InChI is InChI=1S/C24H21F3N6O3S2/c1-36-18-7-5-15(6-8-18)11-20(34)29-13-19-31-32-23(38-14-21(35)30-22-28-9-10-37-22)33(19)17-4-2-3-16(12-17)24(25,26)27/h2-10,12H,11,13-14H2,1H3,(H,29,34)(H,28,30,35). The molecule has 4 aromatic rings. The summed E-state index contributed by atoms with van der Waals surface area (Å²) in [7, 11) is 1.54. The third kappa shape index (κ3) is 7.10. The Balaban J connectivity index is 1.52. The number of nitrogens with one attached hydrogen (secondary N) is 2. The summed E-state index contributed by atoms with van der Waals surface area (Å²) < 4.78 is 46.7. The molecule has 0 spiro atoms. The van der Waals surface area contributed by atoms with Crippen molar-refractivity contribution in [2.75, 3.05) is 18.2 Å². The predicted molar refractivity (Wildman–Crippen MR) is 136 cm³/mol. The molecule has 0 saturated carbocycles. The highest BCUT2D eigenvalue weighted by Crippen LogP contribution is 2.31. The quantitative estimate of drug-likeness (QED) is 0.277. The fourth-order valence-corrected chi connectivity index (χ4v) is 4.64. The van der Waals surface area contributed by atoms with Crippen LogP contribution in [-0.2, 0) is 28.7 Å². The van der Waals surface area contributed by atoms with Crippen LogP contribution in [0.4, 0.5) is 18.3 Å². The van der Waals surface area contributed by atoms with Crippen molar-refractivity contribution in [3.05, 3.63) is 77.1 Å². The number of ether oxygens (including phenoxy) is 1. The summed E-state index contributed by atoms with van der Waals surface area (Å²) in [5.41, 5.74) is 0.0489. The van der Waals surface area contributed by atoms with E-state index in [-0.39, 0.29) is 47.2 Å². The number of aromatic nitrogens is 4. The van der Waals surface area contributed by atoms with Crippen LogP contribution in [0.1, 0.15) is 17.0 Å². The molecule has 2 aromatic heterocycles. The number of rotatable bonds is 10. The van der Waals surface area contributed by atoms with Gasteiger partial charge in [-0.15, -0.1) is 21.5 Å². The van der Waals surface area contributed by atoms with Crippen LogP contribution < -0.4 is 15.4 Å². The van der Waals surface area contributed by atoms with Crippen LogP contribution in [0.2, 0.25) is 0 Å². The third-order valence-corrected chi connectivity index (χ3v) is 6.73. The first-order valence-electron chi connectivity index (χ1n) is 11.1. The summed E-state index contributed by atoms with van der Waals surface area (Å²) in [6.45, 7) is -0.0931. The highest BCUT2D eigenvalue weighted by atomic mass is 32.2. The Kier molecular flexibility index (Phi) is 8.63. The van der Waals surface area contributed by atoms with Gasteiger partial charge in [0.25, 0.3) is 0 Å². The lowest BCUT2D eigenvalue weighted by Crippen LogP contribution is -2.26. The van der Waals surface area contributed by atoms with Crippen LogP contribution in [0.15, 0.2) is 65.3 Å². The van der Waals surface area contributed by atoms with Crippen LogP contribution >= 0.6 is 23.1 Å². The number of alkyl halides is 3. The highest BCUT2D eigenvalue weighted by molar-refractivity contribution is 7.99. The molecule has 0 saturated heterocycles. The number of nitrogens with zero attached hydrogens (tertiary/aromatic N) is 4. The molecule has 2 amide bonds. The van der Waals surface area contributed by atoms with Crippen molar-refractivity contribution >= 4 is 40.0 Å². The van der Waals surface area contributed by atoms with Gasteiger partial charge in [-0.2, -0.15) is 13.2 Å². The Morgan fingerprint density at radius 1 is 1.11 bits per heavy atom. The number of halogens is 3. The fourth-order valence-electron chi connectivity index (χ4n) is 3.33. The fraction of sp³-hybridized carbons (Fsp3) is 0.208. The van der Waals surface area contributed by atoms with Crippen molar-refractivity contribution in [1.29, 1.82) is 0 Å². The van der Waals surface area contributed by atoms with Crippen molar-refractivity contribution in [2.24, 2.45) is 0 Å². The number of anilines is 1. The zero-order chi connectivity index (χ0) is 27.1. The first-order valence-corrected chi connectivity index (χ1v) is 12.9. The van der Waals surface area contributed by atoms with E-state index >= 15 is 0 Å². The lowest BCUT2D eigenvalue weighted by atomic mass is 10.1. The van der Waals surface area contributed by atoms with E-state index in [1.807, 2.05) is 0 Å². The number of carbonyl (C=O) groups excluding carboxylic acids is 2. The second-order valence-electron chi connectivity index (χ2n) is 7.76.